The predicted molar refractivity (Wildman–Crippen MR) is 58.8 cm³/mol. The number of nitrogens with two attached hydrogens (primary N) is 1. The second kappa shape index (κ2) is 4.59. The lowest BCUT2D eigenvalue weighted by Gasteiger charge is -2.29. The van der Waals surface area contributed by atoms with Crippen molar-refractivity contribution in [3.63, 3.8) is 0 Å². The van der Waals surface area contributed by atoms with Crippen LogP contribution < -0.4 is 5.73 Å². The van der Waals surface area contributed by atoms with Gasteiger partial charge in [-0.25, -0.2) is 0 Å². The van der Waals surface area contributed by atoms with Crippen LogP contribution in [0, 0.1) is 0 Å². The number of ketones is 1. The third-order valence-corrected chi connectivity index (χ3v) is 2.81. The summed E-state index contributed by atoms with van der Waals surface area (Å²) in [4.78, 5) is 16.8. The first kappa shape index (κ1) is 10.4. The molecule has 1 saturated heterocycles. The lowest BCUT2D eigenvalue weighted by atomic mass is 10.1. The first-order valence-corrected chi connectivity index (χ1v) is 5.40. The normalized spacial score (nSPS) is 22.9. The standard InChI is InChI=1S/C11H17N3O/c12-9-3-2-6-14(7-9)8-11(15)10-4-1-5-13-10/h1,4-5,9,13H,2-3,6-8,12H2/t9-/m0/s1. The number of likely N-dealkylation sites (tertiary alicyclic amines) is 1. The molecule has 82 valence electrons. The van der Waals surface area contributed by atoms with Crippen LogP contribution >= 0.6 is 0 Å². The molecule has 2 rings (SSSR count). The Morgan fingerprint density at radius 2 is 2.53 bits per heavy atom. The van der Waals surface area contributed by atoms with Gasteiger partial charge in [-0.3, -0.25) is 9.69 Å². The number of piperidine rings is 1. The molecule has 0 aromatic carbocycles. The van der Waals surface area contributed by atoms with Crippen molar-refractivity contribution in [2.45, 2.75) is 18.9 Å². The Hall–Kier alpha value is -1.13. The van der Waals surface area contributed by atoms with Crippen LogP contribution in [0.25, 0.3) is 0 Å². The van der Waals surface area contributed by atoms with Crippen LogP contribution in [0.5, 0.6) is 0 Å². The van der Waals surface area contributed by atoms with Gasteiger partial charge in [-0.15, -0.1) is 0 Å². The Balaban J connectivity index is 1.89. The van der Waals surface area contributed by atoms with E-state index < -0.39 is 0 Å². The minimum absolute atomic E-state index is 0.147. The van der Waals surface area contributed by atoms with Gasteiger partial charge in [0.05, 0.1) is 12.2 Å². The molecule has 15 heavy (non-hydrogen) atoms. The molecule has 2 heterocycles. The van der Waals surface area contributed by atoms with Gasteiger partial charge in [0.2, 0.25) is 0 Å². The van der Waals surface area contributed by atoms with Crippen molar-refractivity contribution >= 4 is 5.78 Å². The molecular weight excluding hydrogens is 190 g/mol. The lowest BCUT2D eigenvalue weighted by molar-refractivity contribution is 0.0904. The topological polar surface area (TPSA) is 62.1 Å². The summed E-state index contributed by atoms with van der Waals surface area (Å²) in [6.07, 6.45) is 3.95. The van der Waals surface area contributed by atoms with E-state index in [2.05, 4.69) is 9.88 Å². The van der Waals surface area contributed by atoms with E-state index in [4.69, 9.17) is 5.73 Å². The van der Waals surface area contributed by atoms with Crippen LogP contribution in [-0.4, -0.2) is 41.3 Å². The summed E-state index contributed by atoms with van der Waals surface area (Å²) in [6, 6.07) is 3.89. The van der Waals surface area contributed by atoms with Crippen molar-refractivity contribution in [3.05, 3.63) is 24.0 Å². The van der Waals surface area contributed by atoms with Gasteiger partial charge >= 0.3 is 0 Å². The van der Waals surface area contributed by atoms with Crippen molar-refractivity contribution in [1.29, 1.82) is 0 Å². The second-order valence-electron chi connectivity index (χ2n) is 4.14. The average molecular weight is 207 g/mol. The Morgan fingerprint density at radius 1 is 1.67 bits per heavy atom. The first-order chi connectivity index (χ1) is 7.25. The van der Waals surface area contributed by atoms with Crippen LogP contribution in [0.3, 0.4) is 0 Å². The number of nitrogens with zero attached hydrogens (tertiary/aromatic N) is 1. The predicted octanol–water partition coefficient (Wildman–Crippen LogP) is 0.620. The van der Waals surface area contributed by atoms with Gasteiger partial charge in [-0.1, -0.05) is 0 Å². The maximum atomic E-state index is 11.8. The number of hydrogen-bond donors (Lipinski definition) is 2. The molecule has 0 saturated carbocycles. The molecule has 4 nitrogen and oxygen atoms in total. The zero-order chi connectivity index (χ0) is 10.7. The second-order valence-corrected chi connectivity index (χ2v) is 4.14. The molecule has 0 radical (unpaired) electrons. The number of aromatic amines is 1. The lowest BCUT2D eigenvalue weighted by Crippen LogP contribution is -2.44. The number of rotatable bonds is 3. The molecule has 0 aliphatic carbocycles. The number of carbonyl (C=O) groups is 1. The van der Waals surface area contributed by atoms with Gasteiger partial charge in [0.1, 0.15) is 0 Å². The summed E-state index contributed by atoms with van der Waals surface area (Å²) in [5, 5.41) is 0. The van der Waals surface area contributed by atoms with Crippen LogP contribution in [0.4, 0.5) is 0 Å². The van der Waals surface area contributed by atoms with Gasteiger partial charge in [-0.05, 0) is 31.5 Å². The monoisotopic (exact) mass is 207 g/mol. The largest absolute Gasteiger partial charge is 0.359 e. The highest BCUT2D eigenvalue weighted by Crippen LogP contribution is 2.09. The third kappa shape index (κ3) is 2.67. The fourth-order valence-corrected chi connectivity index (χ4v) is 2.03. The van der Waals surface area contributed by atoms with Crippen molar-refractivity contribution < 1.29 is 4.79 Å². The van der Waals surface area contributed by atoms with Crippen LogP contribution in [-0.2, 0) is 0 Å². The minimum Gasteiger partial charge on any atom is -0.359 e. The molecule has 0 bridgehead atoms. The van der Waals surface area contributed by atoms with E-state index in [1.54, 1.807) is 6.20 Å². The number of carbonyl (C=O) groups excluding carboxylic acids is 1. The highest BCUT2D eigenvalue weighted by Gasteiger charge is 2.19. The Bertz CT molecular complexity index is 321. The van der Waals surface area contributed by atoms with E-state index in [0.717, 1.165) is 25.9 Å². The summed E-state index contributed by atoms with van der Waals surface area (Å²) in [5.74, 6) is 0.147. The molecule has 0 unspecified atom stereocenters. The Morgan fingerprint density at radius 3 is 3.20 bits per heavy atom. The average Bonchev–Trinajstić information content (AvgIpc) is 2.70. The number of Topliss-reactive ketones (excluding diaryl/α,β-unsaturated/α-hetero) is 1. The zero-order valence-electron chi connectivity index (χ0n) is 8.78. The maximum Gasteiger partial charge on any atom is 0.192 e. The van der Waals surface area contributed by atoms with E-state index in [1.807, 2.05) is 12.1 Å². The molecule has 1 atom stereocenters. The maximum absolute atomic E-state index is 11.8. The van der Waals surface area contributed by atoms with E-state index >= 15 is 0 Å². The van der Waals surface area contributed by atoms with Gasteiger partial charge in [0.15, 0.2) is 5.78 Å². The quantitative estimate of drug-likeness (QED) is 0.714. The van der Waals surface area contributed by atoms with Crippen LogP contribution in [0.15, 0.2) is 18.3 Å². The molecule has 1 aliphatic heterocycles. The number of aromatic nitrogens is 1. The summed E-state index contributed by atoms with van der Waals surface area (Å²) >= 11 is 0. The van der Waals surface area contributed by atoms with Crippen LogP contribution in [0.2, 0.25) is 0 Å². The molecule has 3 N–H and O–H groups in total. The Kier molecular flexibility index (Phi) is 3.18. The Labute approximate surface area is 89.5 Å². The molecule has 1 fully saturated rings. The minimum atomic E-state index is 0.147. The van der Waals surface area contributed by atoms with Gasteiger partial charge in [0.25, 0.3) is 0 Å². The van der Waals surface area contributed by atoms with Crippen molar-refractivity contribution in [2.75, 3.05) is 19.6 Å². The molecule has 4 heteroatoms. The van der Waals surface area contributed by atoms with E-state index in [0.29, 0.717) is 12.2 Å². The molecular formula is C11H17N3O. The highest BCUT2D eigenvalue weighted by atomic mass is 16.1. The van der Waals surface area contributed by atoms with Gasteiger partial charge in [0, 0.05) is 18.8 Å². The molecule has 1 aromatic rings. The SMILES string of the molecule is N[C@H]1CCCN(CC(=O)c2ccc[nH]2)C1. The molecule has 1 aromatic heterocycles. The van der Waals surface area contributed by atoms with Crippen molar-refractivity contribution in [3.8, 4) is 0 Å². The highest BCUT2D eigenvalue weighted by molar-refractivity contribution is 5.95. The smallest absolute Gasteiger partial charge is 0.192 e. The zero-order valence-corrected chi connectivity index (χ0v) is 8.78. The summed E-state index contributed by atoms with van der Waals surface area (Å²) in [6.45, 7) is 2.31. The fraction of sp³-hybridized carbons (Fsp3) is 0.545. The van der Waals surface area contributed by atoms with Crippen LogP contribution in [0.1, 0.15) is 23.3 Å². The van der Waals surface area contributed by atoms with E-state index in [1.165, 1.54) is 0 Å². The third-order valence-electron chi connectivity index (χ3n) is 2.81. The fourth-order valence-electron chi connectivity index (χ4n) is 2.03. The van der Waals surface area contributed by atoms with E-state index in [9.17, 15) is 4.79 Å². The number of H-pyrrole nitrogens is 1. The number of nitrogens with one attached hydrogen (secondary N) is 1. The number of hydrogen-bond acceptors (Lipinski definition) is 3. The first-order valence-electron chi connectivity index (χ1n) is 5.40. The van der Waals surface area contributed by atoms with Crippen molar-refractivity contribution in [2.24, 2.45) is 5.73 Å². The summed E-state index contributed by atoms with van der Waals surface area (Å²) in [5.41, 5.74) is 6.55. The van der Waals surface area contributed by atoms with Gasteiger partial charge in [-0.2, -0.15) is 0 Å². The molecule has 1 aliphatic rings. The summed E-state index contributed by atoms with van der Waals surface area (Å²) in [7, 11) is 0. The van der Waals surface area contributed by atoms with Crippen molar-refractivity contribution in [1.82, 2.24) is 9.88 Å². The molecule has 0 spiro atoms. The van der Waals surface area contributed by atoms with E-state index in [-0.39, 0.29) is 11.8 Å². The van der Waals surface area contributed by atoms with Gasteiger partial charge < -0.3 is 10.7 Å². The molecule has 0 amide bonds. The summed E-state index contributed by atoms with van der Waals surface area (Å²) < 4.78 is 0.